The lowest BCUT2D eigenvalue weighted by Crippen LogP contribution is -2.35. The quantitative estimate of drug-likeness (QED) is 0.720. The molecular formula is C14H30N2O2S. The van der Waals surface area contributed by atoms with E-state index in [2.05, 4.69) is 17.0 Å². The van der Waals surface area contributed by atoms with Gasteiger partial charge in [-0.15, -0.1) is 0 Å². The molecule has 0 radical (unpaired) electrons. The van der Waals surface area contributed by atoms with Gasteiger partial charge >= 0.3 is 0 Å². The highest BCUT2D eigenvalue weighted by Gasteiger charge is 2.18. The smallest absolute Gasteiger partial charge is 0.212 e. The average molecular weight is 290 g/mol. The predicted octanol–water partition coefficient (Wildman–Crippen LogP) is 2.12. The minimum absolute atomic E-state index is 0.173. The average Bonchev–Trinajstić information content (AvgIpc) is 2.30. The van der Waals surface area contributed by atoms with Crippen molar-refractivity contribution in [1.82, 2.24) is 10.0 Å². The molecule has 1 aliphatic rings. The zero-order valence-electron chi connectivity index (χ0n) is 12.6. The first-order valence-electron chi connectivity index (χ1n) is 7.60. The van der Waals surface area contributed by atoms with Gasteiger partial charge in [-0.25, -0.2) is 13.1 Å². The molecule has 0 heterocycles. The molecule has 5 heteroatoms. The van der Waals surface area contributed by atoms with Crippen molar-refractivity contribution in [3.05, 3.63) is 0 Å². The van der Waals surface area contributed by atoms with Crippen LogP contribution < -0.4 is 10.0 Å². The number of hydrogen-bond donors (Lipinski definition) is 2. The normalized spacial score (nSPS) is 24.8. The Morgan fingerprint density at radius 3 is 2.32 bits per heavy atom. The van der Waals surface area contributed by atoms with E-state index in [9.17, 15) is 8.42 Å². The van der Waals surface area contributed by atoms with Crippen LogP contribution in [0, 0.1) is 11.8 Å². The molecular weight excluding hydrogens is 260 g/mol. The maximum absolute atomic E-state index is 11.8. The maximum atomic E-state index is 11.8. The summed E-state index contributed by atoms with van der Waals surface area (Å²) >= 11 is 0. The largest absolute Gasteiger partial charge is 0.313 e. The van der Waals surface area contributed by atoms with Crippen LogP contribution in [0.3, 0.4) is 0 Å². The zero-order chi connectivity index (χ0) is 14.3. The van der Waals surface area contributed by atoms with E-state index in [-0.39, 0.29) is 5.75 Å². The number of sulfonamides is 1. The second-order valence-corrected chi connectivity index (χ2v) is 8.16. The Morgan fingerprint density at radius 1 is 1.11 bits per heavy atom. The molecule has 0 aliphatic heterocycles. The first kappa shape index (κ1) is 16.9. The van der Waals surface area contributed by atoms with Crippen LogP contribution in [-0.2, 0) is 10.0 Å². The van der Waals surface area contributed by atoms with E-state index in [1.165, 1.54) is 25.7 Å². The molecule has 0 spiro atoms. The highest BCUT2D eigenvalue weighted by atomic mass is 32.2. The second-order valence-electron chi connectivity index (χ2n) is 6.24. The summed E-state index contributed by atoms with van der Waals surface area (Å²) in [5.41, 5.74) is 0. The SMILES string of the molecule is CC1CCC(CCNS(=O)(=O)CCNC(C)C)CC1. The van der Waals surface area contributed by atoms with Crippen molar-refractivity contribution in [3.8, 4) is 0 Å². The van der Waals surface area contributed by atoms with E-state index in [1.807, 2.05) is 13.8 Å². The fourth-order valence-electron chi connectivity index (χ4n) is 2.59. The van der Waals surface area contributed by atoms with Gasteiger partial charge in [0.05, 0.1) is 5.75 Å². The van der Waals surface area contributed by atoms with Gasteiger partial charge in [0.15, 0.2) is 0 Å². The van der Waals surface area contributed by atoms with E-state index in [4.69, 9.17) is 0 Å². The summed E-state index contributed by atoms with van der Waals surface area (Å²) in [7, 11) is -3.10. The lowest BCUT2D eigenvalue weighted by atomic mass is 9.81. The number of rotatable bonds is 8. The molecule has 0 atom stereocenters. The lowest BCUT2D eigenvalue weighted by molar-refractivity contribution is 0.278. The molecule has 0 amide bonds. The maximum Gasteiger partial charge on any atom is 0.212 e. The third-order valence-electron chi connectivity index (χ3n) is 3.93. The topological polar surface area (TPSA) is 58.2 Å². The molecule has 0 saturated heterocycles. The summed E-state index contributed by atoms with van der Waals surface area (Å²) in [6.07, 6.45) is 6.12. The van der Waals surface area contributed by atoms with Crippen LogP contribution >= 0.6 is 0 Å². The summed E-state index contributed by atoms with van der Waals surface area (Å²) in [5.74, 6) is 1.75. The third-order valence-corrected chi connectivity index (χ3v) is 5.32. The molecule has 1 fully saturated rings. The molecule has 0 aromatic heterocycles. The van der Waals surface area contributed by atoms with Crippen molar-refractivity contribution in [1.29, 1.82) is 0 Å². The number of hydrogen-bond acceptors (Lipinski definition) is 3. The van der Waals surface area contributed by atoms with E-state index >= 15 is 0 Å². The third kappa shape index (κ3) is 7.90. The minimum Gasteiger partial charge on any atom is -0.313 e. The zero-order valence-corrected chi connectivity index (χ0v) is 13.4. The van der Waals surface area contributed by atoms with E-state index < -0.39 is 10.0 Å². The van der Waals surface area contributed by atoms with Crippen molar-refractivity contribution < 1.29 is 8.42 Å². The van der Waals surface area contributed by atoms with Crippen molar-refractivity contribution >= 4 is 10.0 Å². The van der Waals surface area contributed by atoms with Gasteiger partial charge in [0.1, 0.15) is 0 Å². The van der Waals surface area contributed by atoms with E-state index in [1.54, 1.807) is 0 Å². The van der Waals surface area contributed by atoms with Crippen LogP contribution in [0.4, 0.5) is 0 Å². The van der Waals surface area contributed by atoms with Gasteiger partial charge in [0.25, 0.3) is 0 Å². The van der Waals surface area contributed by atoms with Gasteiger partial charge in [-0.2, -0.15) is 0 Å². The Labute approximate surface area is 118 Å². The second kappa shape index (κ2) is 8.22. The first-order valence-corrected chi connectivity index (χ1v) is 9.25. The summed E-state index contributed by atoms with van der Waals surface area (Å²) < 4.78 is 26.2. The molecule has 1 aliphatic carbocycles. The Hall–Kier alpha value is -0.130. The molecule has 0 bridgehead atoms. The summed E-state index contributed by atoms with van der Waals surface area (Å²) in [6, 6.07) is 0.333. The fraction of sp³-hybridized carbons (Fsp3) is 1.00. The molecule has 1 saturated carbocycles. The standard InChI is InChI=1S/C14H30N2O2S/c1-12(2)15-10-11-19(17,18)16-9-8-14-6-4-13(3)5-7-14/h12-16H,4-11H2,1-3H3. The van der Waals surface area contributed by atoms with Crippen LogP contribution in [0.2, 0.25) is 0 Å². The van der Waals surface area contributed by atoms with Gasteiger partial charge in [-0.3, -0.25) is 0 Å². The Kier molecular flexibility index (Phi) is 7.32. The molecule has 19 heavy (non-hydrogen) atoms. The van der Waals surface area contributed by atoms with E-state index in [0.29, 0.717) is 25.0 Å². The first-order chi connectivity index (χ1) is 8.89. The Morgan fingerprint density at radius 2 is 1.74 bits per heavy atom. The molecule has 4 nitrogen and oxygen atoms in total. The van der Waals surface area contributed by atoms with Crippen LogP contribution in [0.5, 0.6) is 0 Å². The van der Waals surface area contributed by atoms with E-state index in [0.717, 1.165) is 12.3 Å². The molecule has 114 valence electrons. The highest BCUT2D eigenvalue weighted by Crippen LogP contribution is 2.29. The van der Waals surface area contributed by atoms with Crippen molar-refractivity contribution in [2.45, 2.75) is 58.9 Å². The number of nitrogens with one attached hydrogen (secondary N) is 2. The van der Waals surface area contributed by atoms with Gasteiger partial charge < -0.3 is 5.32 Å². The monoisotopic (exact) mass is 290 g/mol. The summed E-state index contributed by atoms with van der Waals surface area (Å²) in [6.45, 7) is 7.46. The van der Waals surface area contributed by atoms with Gasteiger partial charge in [-0.05, 0) is 18.3 Å². The van der Waals surface area contributed by atoms with Crippen LogP contribution in [0.1, 0.15) is 52.9 Å². The molecule has 2 N–H and O–H groups in total. The van der Waals surface area contributed by atoms with Crippen LogP contribution in [0.25, 0.3) is 0 Å². The molecule has 0 unspecified atom stereocenters. The van der Waals surface area contributed by atoms with Crippen molar-refractivity contribution in [3.63, 3.8) is 0 Å². The Bertz CT molecular complexity index is 333. The van der Waals surface area contributed by atoms with Crippen molar-refractivity contribution in [2.24, 2.45) is 11.8 Å². The van der Waals surface area contributed by atoms with Crippen LogP contribution in [0.15, 0.2) is 0 Å². The fourth-order valence-corrected chi connectivity index (χ4v) is 3.55. The van der Waals surface area contributed by atoms with Crippen molar-refractivity contribution in [2.75, 3.05) is 18.8 Å². The molecule has 0 aromatic rings. The lowest BCUT2D eigenvalue weighted by Gasteiger charge is -2.26. The van der Waals surface area contributed by atoms with Gasteiger partial charge in [0, 0.05) is 19.1 Å². The van der Waals surface area contributed by atoms with Gasteiger partial charge in [0.2, 0.25) is 10.0 Å². The predicted molar refractivity (Wildman–Crippen MR) is 80.7 cm³/mol. The molecule has 0 aromatic carbocycles. The van der Waals surface area contributed by atoms with Crippen LogP contribution in [-0.4, -0.2) is 33.3 Å². The minimum atomic E-state index is -3.10. The summed E-state index contributed by atoms with van der Waals surface area (Å²) in [5, 5.41) is 3.13. The Balaban J connectivity index is 2.13. The highest BCUT2D eigenvalue weighted by molar-refractivity contribution is 7.89. The molecule has 1 rings (SSSR count). The summed E-state index contributed by atoms with van der Waals surface area (Å²) in [4.78, 5) is 0. The van der Waals surface area contributed by atoms with Gasteiger partial charge in [-0.1, -0.05) is 46.5 Å².